The number of nitrogens with zero attached hydrogens (tertiary/aromatic N) is 4. The Morgan fingerprint density at radius 1 is 1.34 bits per heavy atom. The lowest BCUT2D eigenvalue weighted by Gasteiger charge is -2.30. The van der Waals surface area contributed by atoms with Crippen LogP contribution in [0.25, 0.3) is 0 Å². The summed E-state index contributed by atoms with van der Waals surface area (Å²) >= 11 is 0. The smallest absolute Gasteiger partial charge is 0.410 e. The molecule has 0 saturated heterocycles. The average Bonchev–Trinajstić information content (AvgIpc) is 2.90. The molecule has 162 valence electrons. The van der Waals surface area contributed by atoms with Crippen molar-refractivity contribution < 1.29 is 23.1 Å². The molecule has 0 unspecified atom stereocenters. The summed E-state index contributed by atoms with van der Waals surface area (Å²) in [5.41, 5.74) is 1.44. The van der Waals surface area contributed by atoms with Gasteiger partial charge in [-0.15, -0.1) is 0 Å². The molecule has 3 heterocycles. The Hall–Kier alpha value is -2.23. The number of aromatic nitrogens is 2. The molecule has 0 spiro atoms. The molecule has 1 aromatic heterocycles. The van der Waals surface area contributed by atoms with Gasteiger partial charge in [-0.1, -0.05) is 0 Å². The van der Waals surface area contributed by atoms with Gasteiger partial charge in [0, 0.05) is 51.1 Å². The fraction of sp³-hybridized carbons (Fsp3) is 0.737. The molecule has 0 fully saturated rings. The number of ether oxygens (including phenoxy) is 1. The first-order chi connectivity index (χ1) is 13.5. The lowest BCUT2D eigenvalue weighted by Crippen LogP contribution is -2.40. The van der Waals surface area contributed by atoms with E-state index in [0.29, 0.717) is 38.3 Å². The van der Waals surface area contributed by atoms with E-state index in [1.807, 2.05) is 20.8 Å². The van der Waals surface area contributed by atoms with E-state index in [4.69, 9.17) is 4.74 Å². The molecule has 29 heavy (non-hydrogen) atoms. The summed E-state index contributed by atoms with van der Waals surface area (Å²) in [6.45, 7) is 7.09. The molecule has 1 N–H and O–H groups in total. The zero-order chi connectivity index (χ0) is 21.3. The van der Waals surface area contributed by atoms with Crippen LogP contribution in [0.5, 0.6) is 0 Å². The van der Waals surface area contributed by atoms with Gasteiger partial charge in [-0.05, 0) is 20.8 Å². The second-order valence-corrected chi connectivity index (χ2v) is 8.71. The third-order valence-electron chi connectivity index (χ3n) is 5.00. The number of halogens is 2. The fourth-order valence-electron chi connectivity index (χ4n) is 3.76. The second-order valence-electron chi connectivity index (χ2n) is 8.71. The maximum Gasteiger partial charge on any atom is 0.410 e. The first-order valence-electron chi connectivity index (χ1n) is 9.86. The number of carbonyl (C=O) groups excluding carboxylic acids is 2. The SMILES string of the molecule is CN1C[C@@H](CNCC(F)F)Cn2nc3c(c2C1=O)CN(C(=O)OC(C)(C)C)CC3. The normalized spacial score (nSPS) is 19.8. The molecule has 0 radical (unpaired) electrons. The number of carbonyl (C=O) groups is 2. The Bertz CT molecular complexity index is 775. The van der Waals surface area contributed by atoms with E-state index < -0.39 is 18.1 Å². The molecular formula is C19H29F2N5O3. The summed E-state index contributed by atoms with van der Waals surface area (Å²) in [7, 11) is 1.70. The number of nitrogens with one attached hydrogen (secondary N) is 1. The highest BCUT2D eigenvalue weighted by molar-refractivity contribution is 5.94. The zero-order valence-electron chi connectivity index (χ0n) is 17.4. The summed E-state index contributed by atoms with van der Waals surface area (Å²) in [6, 6.07) is 0. The minimum Gasteiger partial charge on any atom is -0.444 e. The Labute approximate surface area is 169 Å². The first-order valence-corrected chi connectivity index (χ1v) is 9.86. The van der Waals surface area contributed by atoms with Gasteiger partial charge in [0.05, 0.1) is 18.8 Å². The summed E-state index contributed by atoms with van der Waals surface area (Å²) in [4.78, 5) is 28.6. The highest BCUT2D eigenvalue weighted by atomic mass is 19.3. The molecule has 0 bridgehead atoms. The van der Waals surface area contributed by atoms with E-state index in [-0.39, 0.29) is 24.9 Å². The van der Waals surface area contributed by atoms with Gasteiger partial charge >= 0.3 is 6.09 Å². The number of rotatable bonds is 4. The topological polar surface area (TPSA) is 79.7 Å². The molecule has 2 amide bonds. The summed E-state index contributed by atoms with van der Waals surface area (Å²) in [5.74, 6) is -0.201. The third kappa shape index (κ3) is 5.04. The number of fused-ring (bicyclic) bond motifs is 3. The van der Waals surface area contributed by atoms with E-state index >= 15 is 0 Å². The van der Waals surface area contributed by atoms with E-state index in [9.17, 15) is 18.4 Å². The fourth-order valence-corrected chi connectivity index (χ4v) is 3.76. The lowest BCUT2D eigenvalue weighted by atomic mass is 10.1. The molecular weight excluding hydrogens is 384 g/mol. The molecule has 1 aromatic rings. The maximum absolute atomic E-state index is 13.0. The van der Waals surface area contributed by atoms with Crippen molar-refractivity contribution in [1.82, 2.24) is 24.9 Å². The van der Waals surface area contributed by atoms with Gasteiger partial charge in [-0.2, -0.15) is 5.10 Å². The van der Waals surface area contributed by atoms with Crippen molar-refractivity contribution in [3.8, 4) is 0 Å². The van der Waals surface area contributed by atoms with Crippen LogP contribution in [0.15, 0.2) is 0 Å². The predicted molar refractivity (Wildman–Crippen MR) is 102 cm³/mol. The lowest BCUT2D eigenvalue weighted by molar-refractivity contribution is 0.0222. The standard InChI is InChI=1S/C19H29F2N5O3/c1-19(2,3)29-18(28)25-6-5-14-13(11-25)16-17(27)24(4)9-12(10-26(16)23-14)7-22-8-15(20)21/h12,15,22H,5-11H2,1-4H3/t12-/m1/s1. The zero-order valence-corrected chi connectivity index (χ0v) is 17.4. The van der Waals surface area contributed by atoms with E-state index in [2.05, 4.69) is 10.4 Å². The van der Waals surface area contributed by atoms with Crippen LogP contribution in [0.3, 0.4) is 0 Å². The van der Waals surface area contributed by atoms with Crippen LogP contribution >= 0.6 is 0 Å². The molecule has 8 nitrogen and oxygen atoms in total. The van der Waals surface area contributed by atoms with Crippen molar-refractivity contribution in [2.45, 2.75) is 52.3 Å². The minimum absolute atomic E-state index is 0.0349. The highest BCUT2D eigenvalue weighted by Crippen LogP contribution is 2.27. The van der Waals surface area contributed by atoms with E-state index in [0.717, 1.165) is 11.3 Å². The Kier molecular flexibility index (Phi) is 6.11. The van der Waals surface area contributed by atoms with Crippen LogP contribution in [0.4, 0.5) is 13.6 Å². The molecule has 0 aromatic carbocycles. The average molecular weight is 413 g/mol. The van der Waals surface area contributed by atoms with Crippen LogP contribution in [0, 0.1) is 5.92 Å². The molecule has 2 aliphatic rings. The predicted octanol–water partition coefficient (Wildman–Crippen LogP) is 1.73. The van der Waals surface area contributed by atoms with Gasteiger partial charge in [-0.25, -0.2) is 13.6 Å². The van der Waals surface area contributed by atoms with E-state index in [1.54, 1.807) is 21.5 Å². The van der Waals surface area contributed by atoms with Gasteiger partial charge < -0.3 is 19.9 Å². The third-order valence-corrected chi connectivity index (χ3v) is 5.00. The van der Waals surface area contributed by atoms with Crippen LogP contribution in [-0.2, 0) is 24.2 Å². The van der Waals surface area contributed by atoms with Gasteiger partial charge in [0.2, 0.25) is 0 Å². The Balaban J connectivity index is 1.79. The monoisotopic (exact) mass is 413 g/mol. The molecule has 1 atom stereocenters. The molecule has 3 rings (SSSR count). The second kappa shape index (κ2) is 8.25. The number of alkyl halides is 2. The van der Waals surface area contributed by atoms with Gasteiger partial charge in [-0.3, -0.25) is 9.48 Å². The number of hydrogen-bond acceptors (Lipinski definition) is 5. The first kappa shape index (κ1) is 21.5. The Morgan fingerprint density at radius 2 is 2.07 bits per heavy atom. The van der Waals surface area contributed by atoms with Crippen LogP contribution < -0.4 is 5.32 Å². The van der Waals surface area contributed by atoms with Gasteiger partial charge in [0.15, 0.2) is 0 Å². The summed E-state index contributed by atoms with van der Waals surface area (Å²) in [6.07, 6.45) is -2.28. The largest absolute Gasteiger partial charge is 0.444 e. The van der Waals surface area contributed by atoms with Crippen LogP contribution in [0.1, 0.15) is 42.5 Å². The van der Waals surface area contributed by atoms with Crippen molar-refractivity contribution >= 4 is 12.0 Å². The summed E-state index contributed by atoms with van der Waals surface area (Å²) in [5, 5.41) is 7.37. The molecule has 0 aliphatic carbocycles. The van der Waals surface area contributed by atoms with E-state index in [1.165, 1.54) is 0 Å². The molecule has 0 saturated carbocycles. The van der Waals surface area contributed by atoms with Crippen molar-refractivity contribution in [3.63, 3.8) is 0 Å². The summed E-state index contributed by atoms with van der Waals surface area (Å²) < 4.78 is 32.0. The minimum atomic E-state index is -2.41. The van der Waals surface area contributed by atoms with Crippen molar-refractivity contribution in [2.24, 2.45) is 5.92 Å². The number of hydrogen-bond donors (Lipinski definition) is 1. The van der Waals surface area contributed by atoms with Crippen LogP contribution in [-0.4, -0.2) is 76.8 Å². The highest BCUT2D eigenvalue weighted by Gasteiger charge is 2.35. The Morgan fingerprint density at radius 3 is 2.72 bits per heavy atom. The van der Waals surface area contributed by atoms with Crippen molar-refractivity contribution in [3.05, 3.63) is 17.0 Å². The number of amides is 2. The van der Waals surface area contributed by atoms with Gasteiger partial charge in [0.25, 0.3) is 12.3 Å². The maximum atomic E-state index is 13.0. The molecule has 10 heteroatoms. The van der Waals surface area contributed by atoms with Crippen molar-refractivity contribution in [2.75, 3.05) is 33.2 Å². The van der Waals surface area contributed by atoms with Crippen molar-refractivity contribution in [1.29, 1.82) is 0 Å². The quantitative estimate of drug-likeness (QED) is 0.813. The van der Waals surface area contributed by atoms with Gasteiger partial charge in [0.1, 0.15) is 11.3 Å². The molecule has 2 aliphatic heterocycles. The van der Waals surface area contributed by atoms with Crippen LogP contribution in [0.2, 0.25) is 0 Å².